The number of fused-ring (bicyclic) bond motifs is 1. The number of ether oxygens (including phenoxy) is 2. The minimum atomic E-state index is -1.18. The summed E-state index contributed by atoms with van der Waals surface area (Å²) in [5.74, 6) is -6.06. The smallest absolute Gasteiger partial charge is 0.338 e. The van der Waals surface area contributed by atoms with Gasteiger partial charge in [-0.25, -0.2) is 4.79 Å². The SMILES string of the molecule is O=C(O[C@H]1Cc2c(O)cc(O)cc2O[C@H]1c1cc(O)c(O)c(O)c1)c1cc(O)c(O)c(O)c1. The fourth-order valence-corrected chi connectivity index (χ4v) is 3.55. The van der Waals surface area contributed by atoms with Gasteiger partial charge in [-0.05, 0) is 24.3 Å². The topological polar surface area (TPSA) is 197 Å². The molecule has 0 aliphatic carbocycles. The number of carbonyl (C=O) groups excluding carboxylic acids is 1. The van der Waals surface area contributed by atoms with E-state index >= 15 is 0 Å². The first-order valence-electron chi connectivity index (χ1n) is 9.47. The van der Waals surface area contributed by atoms with Gasteiger partial charge in [-0.3, -0.25) is 0 Å². The van der Waals surface area contributed by atoms with Gasteiger partial charge in [0, 0.05) is 29.7 Å². The first-order valence-corrected chi connectivity index (χ1v) is 9.47. The van der Waals surface area contributed by atoms with Gasteiger partial charge in [0.25, 0.3) is 0 Å². The summed E-state index contributed by atoms with van der Waals surface area (Å²) >= 11 is 0. The fraction of sp³-hybridized carbons (Fsp3) is 0.136. The fourth-order valence-electron chi connectivity index (χ4n) is 3.55. The van der Waals surface area contributed by atoms with Crippen LogP contribution in [0.3, 0.4) is 0 Å². The molecule has 0 unspecified atom stereocenters. The van der Waals surface area contributed by atoms with E-state index in [-0.39, 0.29) is 40.4 Å². The van der Waals surface area contributed by atoms with Crippen LogP contribution in [0.15, 0.2) is 36.4 Å². The van der Waals surface area contributed by atoms with Gasteiger partial charge in [0.15, 0.2) is 40.6 Å². The third-order valence-corrected chi connectivity index (χ3v) is 5.15. The van der Waals surface area contributed by atoms with E-state index in [2.05, 4.69) is 0 Å². The lowest BCUT2D eigenvalue weighted by atomic mass is 9.93. The third kappa shape index (κ3) is 3.87. The molecule has 33 heavy (non-hydrogen) atoms. The van der Waals surface area contributed by atoms with E-state index in [1.54, 1.807) is 0 Å². The van der Waals surface area contributed by atoms with Gasteiger partial charge < -0.3 is 50.3 Å². The summed E-state index contributed by atoms with van der Waals surface area (Å²) < 4.78 is 11.3. The van der Waals surface area contributed by atoms with Crippen LogP contribution in [0, 0.1) is 0 Å². The molecule has 2 atom stereocenters. The maximum atomic E-state index is 12.7. The van der Waals surface area contributed by atoms with Crippen LogP contribution in [-0.4, -0.2) is 52.9 Å². The molecule has 3 aromatic carbocycles. The van der Waals surface area contributed by atoms with Gasteiger partial charge in [0.05, 0.1) is 5.56 Å². The lowest BCUT2D eigenvalue weighted by Gasteiger charge is -2.34. The molecule has 0 radical (unpaired) electrons. The summed E-state index contributed by atoms with van der Waals surface area (Å²) in [7, 11) is 0. The monoisotopic (exact) mass is 458 g/mol. The lowest BCUT2D eigenvalue weighted by molar-refractivity contribution is -0.0189. The van der Waals surface area contributed by atoms with E-state index in [1.165, 1.54) is 6.07 Å². The molecule has 1 aliphatic rings. The normalized spacial score (nSPS) is 17.1. The molecular formula is C22H18O11. The average Bonchev–Trinajstić information content (AvgIpc) is 2.75. The van der Waals surface area contributed by atoms with E-state index in [9.17, 15) is 45.6 Å². The number of rotatable bonds is 3. The minimum absolute atomic E-state index is 0.0526. The molecule has 0 bridgehead atoms. The van der Waals surface area contributed by atoms with E-state index in [0.717, 1.165) is 30.3 Å². The van der Waals surface area contributed by atoms with Crippen LogP contribution in [-0.2, 0) is 11.2 Å². The number of esters is 1. The zero-order valence-electron chi connectivity index (χ0n) is 16.6. The highest BCUT2D eigenvalue weighted by molar-refractivity contribution is 5.91. The number of hydrogen-bond acceptors (Lipinski definition) is 11. The van der Waals surface area contributed by atoms with Gasteiger partial charge in [-0.15, -0.1) is 0 Å². The van der Waals surface area contributed by atoms with Gasteiger partial charge >= 0.3 is 5.97 Å². The standard InChI is InChI=1S/C22H18O11/c23-10-5-12(24)11-7-18(33-22(31)9-3-15(27)20(30)16(28)4-9)21(32-17(11)6-10)8-1-13(25)19(29)14(26)2-8/h1-6,18,21,23-30H,7H2/t18-,21-/m0/s1. The highest BCUT2D eigenvalue weighted by Crippen LogP contribution is 2.46. The molecule has 8 N–H and O–H groups in total. The Balaban J connectivity index is 1.75. The second kappa shape index (κ2) is 7.79. The molecule has 1 heterocycles. The van der Waals surface area contributed by atoms with E-state index in [4.69, 9.17) is 9.47 Å². The maximum absolute atomic E-state index is 12.7. The summed E-state index contributed by atoms with van der Waals surface area (Å²) in [6, 6.07) is 6.18. The molecule has 11 heteroatoms. The second-order valence-electron chi connectivity index (χ2n) is 7.40. The number of hydrogen-bond donors (Lipinski definition) is 8. The van der Waals surface area contributed by atoms with Crippen LogP contribution in [0.5, 0.6) is 51.7 Å². The Morgan fingerprint density at radius 1 is 0.758 bits per heavy atom. The van der Waals surface area contributed by atoms with E-state index in [0.29, 0.717) is 0 Å². The molecule has 3 aromatic rings. The quantitative estimate of drug-likeness (QED) is 0.212. The van der Waals surface area contributed by atoms with Crippen LogP contribution in [0.4, 0.5) is 0 Å². The van der Waals surface area contributed by atoms with Crippen LogP contribution < -0.4 is 4.74 Å². The van der Waals surface area contributed by atoms with Crippen molar-refractivity contribution in [2.24, 2.45) is 0 Å². The van der Waals surface area contributed by atoms with Crippen LogP contribution >= 0.6 is 0 Å². The van der Waals surface area contributed by atoms with Crippen molar-refractivity contribution in [2.75, 3.05) is 0 Å². The van der Waals surface area contributed by atoms with Crippen molar-refractivity contribution in [2.45, 2.75) is 18.6 Å². The summed E-state index contributed by atoms with van der Waals surface area (Å²) in [6.07, 6.45) is -2.49. The predicted molar refractivity (Wildman–Crippen MR) is 109 cm³/mol. The first kappa shape index (κ1) is 21.6. The summed E-state index contributed by atoms with van der Waals surface area (Å²) in [4.78, 5) is 12.7. The van der Waals surface area contributed by atoms with Crippen molar-refractivity contribution < 1.29 is 55.1 Å². The number of carbonyl (C=O) groups is 1. The summed E-state index contributed by atoms with van der Waals surface area (Å²) in [6.45, 7) is 0. The van der Waals surface area contributed by atoms with Crippen LogP contribution in [0.1, 0.15) is 27.6 Å². The highest BCUT2D eigenvalue weighted by atomic mass is 16.6. The Labute approximate surface area is 185 Å². The van der Waals surface area contributed by atoms with E-state index in [1.807, 2.05) is 0 Å². The number of aromatic hydroxyl groups is 8. The van der Waals surface area contributed by atoms with Crippen molar-refractivity contribution in [1.82, 2.24) is 0 Å². The predicted octanol–water partition coefficient (Wildman–Crippen LogP) is 2.23. The zero-order valence-corrected chi connectivity index (χ0v) is 16.6. The van der Waals surface area contributed by atoms with Gasteiger partial charge in [0.2, 0.25) is 0 Å². The van der Waals surface area contributed by atoms with Crippen molar-refractivity contribution >= 4 is 5.97 Å². The summed E-state index contributed by atoms with van der Waals surface area (Å²) in [5, 5.41) is 78.2. The molecule has 11 nitrogen and oxygen atoms in total. The number of phenols is 8. The Kier molecular flexibility index (Phi) is 5.09. The van der Waals surface area contributed by atoms with Crippen molar-refractivity contribution in [1.29, 1.82) is 0 Å². The summed E-state index contributed by atoms with van der Waals surface area (Å²) in [5.41, 5.74) is -0.0189. The lowest BCUT2D eigenvalue weighted by Crippen LogP contribution is -2.34. The van der Waals surface area contributed by atoms with Crippen molar-refractivity contribution in [3.63, 3.8) is 0 Å². The Morgan fingerprint density at radius 3 is 1.88 bits per heavy atom. The molecule has 0 saturated heterocycles. The zero-order chi connectivity index (χ0) is 24.0. The van der Waals surface area contributed by atoms with Gasteiger partial charge in [0.1, 0.15) is 23.4 Å². The first-order chi connectivity index (χ1) is 15.5. The second-order valence-corrected chi connectivity index (χ2v) is 7.40. The van der Waals surface area contributed by atoms with Crippen LogP contribution in [0.2, 0.25) is 0 Å². The van der Waals surface area contributed by atoms with Gasteiger partial charge in [-0.1, -0.05) is 0 Å². The minimum Gasteiger partial charge on any atom is -0.508 e. The molecule has 0 saturated carbocycles. The Morgan fingerprint density at radius 2 is 1.30 bits per heavy atom. The molecule has 0 aromatic heterocycles. The molecule has 0 spiro atoms. The van der Waals surface area contributed by atoms with E-state index < -0.39 is 52.7 Å². The third-order valence-electron chi connectivity index (χ3n) is 5.15. The maximum Gasteiger partial charge on any atom is 0.338 e. The largest absolute Gasteiger partial charge is 0.508 e. The molecule has 0 fully saturated rings. The van der Waals surface area contributed by atoms with Crippen molar-refractivity contribution in [3.05, 3.63) is 53.1 Å². The molecular weight excluding hydrogens is 440 g/mol. The number of benzene rings is 3. The Hall–Kier alpha value is -4.67. The number of phenolic OH excluding ortho intramolecular Hbond substituents is 8. The molecule has 1 aliphatic heterocycles. The Bertz CT molecular complexity index is 1220. The molecule has 172 valence electrons. The van der Waals surface area contributed by atoms with Crippen molar-refractivity contribution in [3.8, 4) is 51.7 Å². The average molecular weight is 458 g/mol. The van der Waals surface area contributed by atoms with Gasteiger partial charge in [-0.2, -0.15) is 0 Å². The highest BCUT2D eigenvalue weighted by Gasteiger charge is 2.37. The molecule has 0 amide bonds. The van der Waals surface area contributed by atoms with Crippen LogP contribution in [0.25, 0.3) is 0 Å². The molecule has 4 rings (SSSR count).